The van der Waals surface area contributed by atoms with E-state index < -0.39 is 0 Å². The zero-order valence-corrected chi connectivity index (χ0v) is 18.5. The second-order valence-electron chi connectivity index (χ2n) is 5.85. The number of alkyl halides is 1. The largest absolute Gasteiger partial charge is 0.328 e. The summed E-state index contributed by atoms with van der Waals surface area (Å²) in [6.45, 7) is 3.83. The number of hydrogen-bond donors (Lipinski definition) is 0. The van der Waals surface area contributed by atoms with Crippen LogP contribution in [0.3, 0.4) is 0 Å². The minimum atomic E-state index is 0. The summed E-state index contributed by atoms with van der Waals surface area (Å²) in [6.07, 6.45) is 19.0. The van der Waals surface area contributed by atoms with Crippen molar-refractivity contribution in [1.82, 2.24) is 0 Å². The SMILES string of the molecule is C=CCCC1CCC(C2CC[CH-]CC2)CC1.CI.[Pr]. The topological polar surface area (TPSA) is 0 Å². The zero-order chi connectivity index (χ0) is 13.2. The van der Waals surface area contributed by atoms with E-state index in [2.05, 4.69) is 41.7 Å². The molecule has 0 bridgehead atoms. The van der Waals surface area contributed by atoms with Gasteiger partial charge in [-0.1, -0.05) is 54.4 Å². The zero-order valence-electron chi connectivity index (χ0n) is 12.6. The summed E-state index contributed by atoms with van der Waals surface area (Å²) in [6, 6.07) is 0. The minimum absolute atomic E-state index is 0. The molecular weight excluding hydrogens is 472 g/mol. The Balaban J connectivity index is 0.00000103. The molecule has 0 nitrogen and oxygen atoms in total. The molecule has 0 aromatic rings. The Labute approximate surface area is 168 Å². The third kappa shape index (κ3) is 8.14. The summed E-state index contributed by atoms with van der Waals surface area (Å²) in [5.41, 5.74) is 0. The Kier molecular flexibility index (Phi) is 14.8. The van der Waals surface area contributed by atoms with Crippen molar-refractivity contribution in [1.29, 1.82) is 0 Å². The fraction of sp³-hybridized carbons (Fsp3) is 0.824. The van der Waals surface area contributed by atoms with Crippen LogP contribution in [0.25, 0.3) is 0 Å². The van der Waals surface area contributed by atoms with Crippen LogP contribution >= 0.6 is 22.6 Å². The van der Waals surface area contributed by atoms with Gasteiger partial charge in [-0.25, -0.2) is 0 Å². The molecule has 0 atom stereocenters. The Morgan fingerprint density at radius 2 is 1.53 bits per heavy atom. The Morgan fingerprint density at radius 1 is 1.00 bits per heavy atom. The van der Waals surface area contributed by atoms with Crippen molar-refractivity contribution >= 4 is 22.6 Å². The van der Waals surface area contributed by atoms with Crippen molar-refractivity contribution in [2.75, 3.05) is 4.93 Å². The summed E-state index contributed by atoms with van der Waals surface area (Å²) in [5, 5.41) is 0. The predicted molar refractivity (Wildman–Crippen MR) is 91.1 cm³/mol. The first-order valence-corrected chi connectivity index (χ1v) is 9.86. The molecule has 0 spiro atoms. The molecule has 0 heterocycles. The molecule has 2 aliphatic rings. The van der Waals surface area contributed by atoms with Gasteiger partial charge in [-0.05, 0) is 48.4 Å². The van der Waals surface area contributed by atoms with Gasteiger partial charge in [0.2, 0.25) is 0 Å². The molecule has 0 saturated heterocycles. The van der Waals surface area contributed by atoms with Gasteiger partial charge in [-0.2, -0.15) is 12.8 Å². The fourth-order valence-electron chi connectivity index (χ4n) is 3.73. The number of halogens is 1. The Morgan fingerprint density at radius 3 is 2.05 bits per heavy atom. The van der Waals surface area contributed by atoms with Gasteiger partial charge in [-0.3, -0.25) is 0 Å². The van der Waals surface area contributed by atoms with Crippen molar-refractivity contribution in [3.05, 3.63) is 19.1 Å². The number of rotatable bonds is 4. The molecule has 0 aromatic carbocycles. The van der Waals surface area contributed by atoms with Crippen molar-refractivity contribution in [2.24, 2.45) is 17.8 Å². The minimum Gasteiger partial charge on any atom is -0.328 e. The molecule has 0 unspecified atom stereocenters. The van der Waals surface area contributed by atoms with Gasteiger partial charge in [-0.15, -0.1) is 6.58 Å². The van der Waals surface area contributed by atoms with E-state index in [0.717, 1.165) is 17.8 Å². The molecule has 2 heteroatoms. The van der Waals surface area contributed by atoms with E-state index in [-0.39, 0.29) is 41.3 Å². The molecule has 2 rings (SSSR count). The van der Waals surface area contributed by atoms with Gasteiger partial charge in [0.1, 0.15) is 0 Å². The summed E-state index contributed by atoms with van der Waals surface area (Å²) in [5.74, 6) is 3.17. The van der Waals surface area contributed by atoms with Crippen molar-refractivity contribution in [3.63, 3.8) is 0 Å². The van der Waals surface area contributed by atoms with Crippen LogP contribution in [0.5, 0.6) is 0 Å². The maximum Gasteiger partial charge on any atom is 0 e. The van der Waals surface area contributed by atoms with Gasteiger partial charge in [0.15, 0.2) is 0 Å². The Hall–Kier alpha value is 1.83. The van der Waals surface area contributed by atoms with E-state index in [1.165, 1.54) is 64.2 Å². The Bertz CT molecular complexity index is 203. The normalized spacial score (nSPS) is 27.7. The van der Waals surface area contributed by atoms with Gasteiger partial charge < -0.3 is 6.42 Å². The fourth-order valence-corrected chi connectivity index (χ4v) is 3.73. The molecular formula is C17H30IPr-. The van der Waals surface area contributed by atoms with Crippen LogP contribution in [0.2, 0.25) is 0 Å². The molecule has 2 saturated carbocycles. The number of allylic oxidation sites excluding steroid dienone is 1. The molecule has 0 aromatic heterocycles. The van der Waals surface area contributed by atoms with Crippen LogP contribution in [-0.2, 0) is 0 Å². The van der Waals surface area contributed by atoms with Crippen LogP contribution in [0.4, 0.5) is 0 Å². The second kappa shape index (κ2) is 13.5. The van der Waals surface area contributed by atoms with Crippen LogP contribution in [-0.4, -0.2) is 4.93 Å². The second-order valence-corrected chi connectivity index (χ2v) is 5.85. The first-order chi connectivity index (χ1) is 8.90. The van der Waals surface area contributed by atoms with Gasteiger partial charge in [0.05, 0.1) is 0 Å². The van der Waals surface area contributed by atoms with E-state index in [4.69, 9.17) is 0 Å². The van der Waals surface area contributed by atoms with E-state index in [1.54, 1.807) is 0 Å². The molecule has 0 aliphatic heterocycles. The predicted octanol–water partition coefficient (Wildman–Crippen LogP) is 6.20. The molecule has 0 amide bonds. The van der Waals surface area contributed by atoms with E-state index >= 15 is 0 Å². The van der Waals surface area contributed by atoms with E-state index in [1.807, 2.05) is 4.93 Å². The monoisotopic (exact) mass is 502 g/mol. The number of hydrogen-bond acceptors (Lipinski definition) is 0. The first kappa shape index (κ1) is 20.8. The smallest absolute Gasteiger partial charge is 0 e. The van der Waals surface area contributed by atoms with Crippen LogP contribution in [0, 0.1) is 65.5 Å². The third-order valence-corrected chi connectivity index (χ3v) is 4.82. The first-order valence-electron chi connectivity index (χ1n) is 7.70. The molecule has 2 aliphatic carbocycles. The average Bonchev–Trinajstić information content (AvgIpc) is 2.49. The molecule has 1 radical (unpaired) electrons. The van der Waals surface area contributed by atoms with Gasteiger partial charge in [0.25, 0.3) is 0 Å². The summed E-state index contributed by atoms with van der Waals surface area (Å²) >= 11 is 2.15. The molecule has 19 heavy (non-hydrogen) atoms. The van der Waals surface area contributed by atoms with Crippen molar-refractivity contribution in [3.8, 4) is 0 Å². The molecule has 2 fully saturated rings. The quantitative estimate of drug-likeness (QED) is 0.186. The summed E-state index contributed by atoms with van der Waals surface area (Å²) < 4.78 is 0. The van der Waals surface area contributed by atoms with Crippen molar-refractivity contribution < 1.29 is 41.3 Å². The summed E-state index contributed by atoms with van der Waals surface area (Å²) in [7, 11) is 0. The van der Waals surface area contributed by atoms with Crippen molar-refractivity contribution in [2.45, 2.75) is 64.2 Å². The van der Waals surface area contributed by atoms with Crippen LogP contribution < -0.4 is 0 Å². The average molecular weight is 502 g/mol. The van der Waals surface area contributed by atoms with Gasteiger partial charge in [0, 0.05) is 41.3 Å². The summed E-state index contributed by atoms with van der Waals surface area (Å²) in [4.78, 5) is 1.97. The van der Waals surface area contributed by atoms with Crippen LogP contribution in [0.15, 0.2) is 12.7 Å². The van der Waals surface area contributed by atoms with E-state index in [0.29, 0.717) is 0 Å². The van der Waals surface area contributed by atoms with Crippen LogP contribution in [0.1, 0.15) is 64.2 Å². The standard InChI is InChI=1S/C16H27.CH3I.Pr/c1-2-3-7-14-10-12-16(13-11-14)15-8-5-4-6-9-15;1-2;/h2,4,14-16H,1,3,5-13H2;1H3;/q-1;;. The maximum absolute atomic E-state index is 3.83. The maximum atomic E-state index is 3.83. The van der Waals surface area contributed by atoms with E-state index in [9.17, 15) is 0 Å². The third-order valence-electron chi connectivity index (χ3n) is 4.82. The molecule has 0 N–H and O–H groups in total. The van der Waals surface area contributed by atoms with Gasteiger partial charge >= 0.3 is 0 Å². The molecule has 109 valence electrons.